The van der Waals surface area contributed by atoms with Crippen LogP contribution in [0.1, 0.15) is 23.2 Å². The van der Waals surface area contributed by atoms with Crippen LogP contribution in [0.25, 0.3) is 0 Å². The van der Waals surface area contributed by atoms with Crippen LogP contribution < -0.4 is 15.0 Å². The molecule has 23 heavy (non-hydrogen) atoms. The maximum atomic E-state index is 12.2. The van der Waals surface area contributed by atoms with Crippen LogP contribution in [0.2, 0.25) is 0 Å². The maximum Gasteiger partial charge on any atom is 0.253 e. The molecular formula is C16H19N5O2. The fourth-order valence-corrected chi connectivity index (χ4v) is 2.64. The van der Waals surface area contributed by atoms with Crippen LogP contribution in [0.5, 0.6) is 5.88 Å². The molecule has 7 heteroatoms. The molecule has 1 fully saturated rings. The van der Waals surface area contributed by atoms with Crippen LogP contribution in [0, 0.1) is 0 Å². The predicted molar refractivity (Wildman–Crippen MR) is 85.5 cm³/mol. The fraction of sp³-hybridized carbons (Fsp3) is 0.375. The van der Waals surface area contributed by atoms with E-state index in [4.69, 9.17) is 4.74 Å². The van der Waals surface area contributed by atoms with E-state index < -0.39 is 0 Å². The molecule has 0 aliphatic carbocycles. The number of hydrogen-bond acceptors (Lipinski definition) is 6. The molecule has 120 valence electrons. The fourth-order valence-electron chi connectivity index (χ4n) is 2.64. The maximum absolute atomic E-state index is 12.2. The summed E-state index contributed by atoms with van der Waals surface area (Å²) >= 11 is 0. The Morgan fingerprint density at radius 1 is 1.39 bits per heavy atom. The molecule has 1 saturated heterocycles. The number of rotatable bonds is 4. The first-order valence-corrected chi connectivity index (χ1v) is 7.59. The Morgan fingerprint density at radius 3 is 3.09 bits per heavy atom. The molecule has 1 atom stereocenters. The molecule has 3 heterocycles. The molecule has 3 rings (SSSR count). The van der Waals surface area contributed by atoms with E-state index in [-0.39, 0.29) is 11.9 Å². The molecule has 1 N–H and O–H groups in total. The number of nitrogens with zero attached hydrogens (tertiary/aromatic N) is 4. The Labute approximate surface area is 134 Å². The Kier molecular flexibility index (Phi) is 4.65. The standard InChI is InChI=1S/C16H19N5O2/c1-23-14-6-8-18-16(20-14)21-9-3-5-13(11-21)19-15(22)12-4-2-7-17-10-12/h2,4,6-8,10,13H,3,5,9,11H2,1H3,(H,19,22). The zero-order chi connectivity index (χ0) is 16.1. The van der Waals surface area contributed by atoms with E-state index in [0.29, 0.717) is 23.9 Å². The Bertz CT molecular complexity index is 665. The first kappa shape index (κ1) is 15.2. The molecule has 2 aromatic rings. The number of aromatic nitrogens is 3. The minimum absolute atomic E-state index is 0.0613. The number of anilines is 1. The van der Waals surface area contributed by atoms with Gasteiger partial charge in [0.15, 0.2) is 0 Å². The zero-order valence-electron chi connectivity index (χ0n) is 13.0. The largest absolute Gasteiger partial charge is 0.481 e. The number of piperidine rings is 1. The van der Waals surface area contributed by atoms with Gasteiger partial charge in [-0.05, 0) is 25.0 Å². The number of pyridine rings is 1. The van der Waals surface area contributed by atoms with E-state index in [1.807, 2.05) is 0 Å². The molecule has 1 unspecified atom stereocenters. The van der Waals surface area contributed by atoms with Crippen molar-refractivity contribution in [2.45, 2.75) is 18.9 Å². The van der Waals surface area contributed by atoms with E-state index >= 15 is 0 Å². The van der Waals surface area contributed by atoms with E-state index in [0.717, 1.165) is 19.4 Å². The highest BCUT2D eigenvalue weighted by Crippen LogP contribution is 2.18. The van der Waals surface area contributed by atoms with E-state index in [9.17, 15) is 4.79 Å². The van der Waals surface area contributed by atoms with Gasteiger partial charge < -0.3 is 15.0 Å². The number of amides is 1. The topological polar surface area (TPSA) is 80.2 Å². The molecule has 1 aliphatic rings. The third kappa shape index (κ3) is 3.74. The number of methoxy groups -OCH3 is 1. The molecule has 2 aromatic heterocycles. The lowest BCUT2D eigenvalue weighted by atomic mass is 10.1. The second-order valence-corrected chi connectivity index (χ2v) is 5.40. The summed E-state index contributed by atoms with van der Waals surface area (Å²) in [7, 11) is 1.58. The number of ether oxygens (including phenoxy) is 1. The number of hydrogen-bond donors (Lipinski definition) is 1. The second kappa shape index (κ2) is 7.04. The Hall–Kier alpha value is -2.70. The normalized spacial score (nSPS) is 17.6. The van der Waals surface area contributed by atoms with Gasteiger partial charge in [0.2, 0.25) is 11.8 Å². The van der Waals surface area contributed by atoms with E-state index in [2.05, 4.69) is 25.2 Å². The van der Waals surface area contributed by atoms with Gasteiger partial charge in [0.1, 0.15) is 0 Å². The monoisotopic (exact) mass is 313 g/mol. The van der Waals surface area contributed by atoms with Gasteiger partial charge in [0.05, 0.1) is 12.7 Å². The summed E-state index contributed by atoms with van der Waals surface area (Å²) in [5.74, 6) is 1.07. The van der Waals surface area contributed by atoms with Crippen LogP contribution in [0.3, 0.4) is 0 Å². The summed E-state index contributed by atoms with van der Waals surface area (Å²) in [6, 6.07) is 5.29. The first-order valence-electron chi connectivity index (χ1n) is 7.59. The first-order chi connectivity index (χ1) is 11.3. The van der Waals surface area contributed by atoms with Gasteiger partial charge in [-0.3, -0.25) is 9.78 Å². The van der Waals surface area contributed by atoms with Crippen molar-refractivity contribution in [3.05, 3.63) is 42.4 Å². The van der Waals surface area contributed by atoms with Crippen molar-refractivity contribution in [2.75, 3.05) is 25.1 Å². The molecule has 0 spiro atoms. The van der Waals surface area contributed by atoms with Crippen molar-refractivity contribution >= 4 is 11.9 Å². The summed E-state index contributed by atoms with van der Waals surface area (Å²) in [6.07, 6.45) is 6.81. The molecule has 0 saturated carbocycles. The van der Waals surface area contributed by atoms with E-state index in [1.54, 1.807) is 43.9 Å². The molecule has 1 aliphatic heterocycles. The van der Waals surface area contributed by atoms with Gasteiger partial charge >= 0.3 is 0 Å². The highest BCUT2D eigenvalue weighted by atomic mass is 16.5. The molecule has 7 nitrogen and oxygen atoms in total. The molecule has 0 radical (unpaired) electrons. The van der Waals surface area contributed by atoms with Crippen molar-refractivity contribution in [2.24, 2.45) is 0 Å². The van der Waals surface area contributed by atoms with Crippen molar-refractivity contribution in [1.29, 1.82) is 0 Å². The molecule has 0 aromatic carbocycles. The van der Waals surface area contributed by atoms with Crippen LogP contribution in [0.15, 0.2) is 36.8 Å². The summed E-state index contributed by atoms with van der Waals surface area (Å²) in [5.41, 5.74) is 0.572. The van der Waals surface area contributed by atoms with Gasteiger partial charge in [-0.2, -0.15) is 4.98 Å². The quantitative estimate of drug-likeness (QED) is 0.916. The second-order valence-electron chi connectivity index (χ2n) is 5.40. The van der Waals surface area contributed by atoms with Crippen LogP contribution >= 0.6 is 0 Å². The minimum Gasteiger partial charge on any atom is -0.481 e. The summed E-state index contributed by atoms with van der Waals surface area (Å²) in [5, 5.41) is 3.06. The van der Waals surface area contributed by atoms with Gasteiger partial charge in [0.25, 0.3) is 5.91 Å². The van der Waals surface area contributed by atoms with Crippen LogP contribution in [0.4, 0.5) is 5.95 Å². The van der Waals surface area contributed by atoms with Crippen molar-refractivity contribution < 1.29 is 9.53 Å². The van der Waals surface area contributed by atoms with Crippen LogP contribution in [-0.4, -0.2) is 47.1 Å². The zero-order valence-corrected chi connectivity index (χ0v) is 13.0. The number of carbonyl (C=O) groups is 1. The summed E-state index contributed by atoms with van der Waals surface area (Å²) < 4.78 is 5.14. The number of carbonyl (C=O) groups excluding carboxylic acids is 1. The Balaban J connectivity index is 1.65. The third-order valence-electron chi connectivity index (χ3n) is 3.79. The third-order valence-corrected chi connectivity index (χ3v) is 3.79. The van der Waals surface area contributed by atoms with Crippen molar-refractivity contribution in [3.63, 3.8) is 0 Å². The smallest absolute Gasteiger partial charge is 0.253 e. The van der Waals surface area contributed by atoms with Crippen molar-refractivity contribution in [1.82, 2.24) is 20.3 Å². The van der Waals surface area contributed by atoms with Gasteiger partial charge in [-0.15, -0.1) is 0 Å². The van der Waals surface area contributed by atoms with Gasteiger partial charge in [0, 0.05) is 43.8 Å². The highest BCUT2D eigenvalue weighted by molar-refractivity contribution is 5.94. The molecular weight excluding hydrogens is 294 g/mol. The van der Waals surface area contributed by atoms with E-state index in [1.165, 1.54) is 0 Å². The van der Waals surface area contributed by atoms with Crippen molar-refractivity contribution in [3.8, 4) is 5.88 Å². The van der Waals surface area contributed by atoms with Gasteiger partial charge in [-0.25, -0.2) is 4.98 Å². The lowest BCUT2D eigenvalue weighted by molar-refractivity contribution is 0.0932. The van der Waals surface area contributed by atoms with Crippen LogP contribution in [-0.2, 0) is 0 Å². The lowest BCUT2D eigenvalue weighted by Gasteiger charge is -2.33. The predicted octanol–water partition coefficient (Wildman–Crippen LogP) is 1.28. The average molecular weight is 313 g/mol. The molecule has 0 bridgehead atoms. The highest BCUT2D eigenvalue weighted by Gasteiger charge is 2.23. The summed E-state index contributed by atoms with van der Waals surface area (Å²) in [4.78, 5) is 26.9. The average Bonchev–Trinajstić information content (AvgIpc) is 2.63. The lowest BCUT2D eigenvalue weighted by Crippen LogP contribution is -2.48. The summed E-state index contributed by atoms with van der Waals surface area (Å²) in [6.45, 7) is 1.55. The Morgan fingerprint density at radius 2 is 2.30 bits per heavy atom. The minimum atomic E-state index is -0.100. The van der Waals surface area contributed by atoms with Gasteiger partial charge in [-0.1, -0.05) is 0 Å². The number of nitrogens with one attached hydrogen (secondary N) is 1. The molecule has 1 amide bonds. The SMILES string of the molecule is COc1ccnc(N2CCCC(NC(=O)c3cccnc3)C2)n1.